The minimum absolute atomic E-state index is 0.150. The lowest BCUT2D eigenvalue weighted by atomic mass is 10.1. The maximum Gasteiger partial charge on any atom is 0.256 e. The van der Waals surface area contributed by atoms with Crippen LogP contribution in [0, 0.1) is 0 Å². The summed E-state index contributed by atoms with van der Waals surface area (Å²) in [4.78, 5) is 21.6. The molecule has 24 heavy (non-hydrogen) atoms. The number of para-hydroxylation sites is 1. The van der Waals surface area contributed by atoms with Crippen molar-refractivity contribution in [3.05, 3.63) is 59.9 Å². The number of amides is 1. The molecule has 0 aliphatic heterocycles. The molecule has 1 amide bonds. The van der Waals surface area contributed by atoms with E-state index in [0.717, 1.165) is 29.4 Å². The van der Waals surface area contributed by atoms with Gasteiger partial charge in [-0.25, -0.2) is 4.98 Å². The monoisotopic (exact) mass is 319 g/mol. The minimum atomic E-state index is -0.150. The highest BCUT2D eigenvalue weighted by molar-refractivity contribution is 6.12. The van der Waals surface area contributed by atoms with E-state index in [1.54, 1.807) is 25.4 Å². The lowest BCUT2D eigenvalue weighted by molar-refractivity contribution is 0.102. The van der Waals surface area contributed by atoms with Crippen LogP contribution in [0.1, 0.15) is 34.8 Å². The van der Waals surface area contributed by atoms with Crippen LogP contribution in [0.4, 0.5) is 5.69 Å². The molecule has 5 heteroatoms. The molecule has 3 aromatic rings. The molecule has 1 N–H and O–H groups in total. The van der Waals surface area contributed by atoms with Gasteiger partial charge in [0, 0.05) is 23.1 Å². The average Bonchev–Trinajstić information content (AvgIpc) is 3.46. The molecule has 0 unspecified atom stereocenters. The molecule has 2 heterocycles. The standard InChI is InChI=1S/C19H17N3O2/c1-24-18-9-8-13(11-20-18)21-19(23)15-10-17(12-6-7-12)22-16-5-3-2-4-14(15)16/h2-5,8-12H,6-7H2,1H3,(H,21,23). The van der Waals surface area contributed by atoms with Crippen LogP contribution in [-0.2, 0) is 0 Å². The molecule has 5 nitrogen and oxygen atoms in total. The number of carbonyl (C=O) groups is 1. The number of methoxy groups -OCH3 is 1. The van der Waals surface area contributed by atoms with Crippen molar-refractivity contribution in [2.75, 3.05) is 12.4 Å². The largest absolute Gasteiger partial charge is 0.481 e. The van der Waals surface area contributed by atoms with Crippen LogP contribution in [-0.4, -0.2) is 23.0 Å². The second kappa shape index (κ2) is 5.92. The molecule has 1 aliphatic carbocycles. The highest BCUT2D eigenvalue weighted by Gasteiger charge is 2.26. The van der Waals surface area contributed by atoms with E-state index in [1.165, 1.54) is 0 Å². The van der Waals surface area contributed by atoms with Crippen molar-refractivity contribution in [1.29, 1.82) is 0 Å². The molecule has 1 aliphatic rings. The number of nitrogens with one attached hydrogen (secondary N) is 1. The number of carbonyl (C=O) groups excluding carboxylic acids is 1. The predicted octanol–water partition coefficient (Wildman–Crippen LogP) is 3.77. The van der Waals surface area contributed by atoms with E-state index in [4.69, 9.17) is 9.72 Å². The van der Waals surface area contributed by atoms with Gasteiger partial charge in [-0.15, -0.1) is 0 Å². The molecule has 0 radical (unpaired) electrons. The van der Waals surface area contributed by atoms with Crippen LogP contribution >= 0.6 is 0 Å². The second-order valence-electron chi connectivity index (χ2n) is 5.93. The van der Waals surface area contributed by atoms with Crippen LogP contribution in [0.25, 0.3) is 10.9 Å². The number of fused-ring (bicyclic) bond motifs is 1. The van der Waals surface area contributed by atoms with Gasteiger partial charge in [0.15, 0.2) is 0 Å². The Bertz CT molecular complexity index is 902. The molecule has 1 saturated carbocycles. The molecule has 1 fully saturated rings. The Labute approximate surface area is 139 Å². The first-order valence-electron chi connectivity index (χ1n) is 7.95. The maximum atomic E-state index is 12.8. The Hall–Kier alpha value is -2.95. The van der Waals surface area contributed by atoms with Gasteiger partial charge < -0.3 is 10.1 Å². The Morgan fingerprint density at radius 3 is 2.75 bits per heavy atom. The first-order chi connectivity index (χ1) is 11.7. The number of hydrogen-bond donors (Lipinski definition) is 1. The number of anilines is 1. The van der Waals surface area contributed by atoms with Gasteiger partial charge in [-0.2, -0.15) is 0 Å². The van der Waals surface area contributed by atoms with Crippen molar-refractivity contribution in [2.45, 2.75) is 18.8 Å². The van der Waals surface area contributed by atoms with E-state index in [0.29, 0.717) is 23.0 Å². The average molecular weight is 319 g/mol. The van der Waals surface area contributed by atoms with Crippen LogP contribution in [0.15, 0.2) is 48.7 Å². The summed E-state index contributed by atoms with van der Waals surface area (Å²) < 4.78 is 5.03. The van der Waals surface area contributed by atoms with E-state index in [9.17, 15) is 4.79 Å². The van der Waals surface area contributed by atoms with Gasteiger partial charge in [-0.1, -0.05) is 18.2 Å². The Kier molecular flexibility index (Phi) is 3.61. The van der Waals surface area contributed by atoms with Crippen LogP contribution in [0.5, 0.6) is 5.88 Å². The number of benzene rings is 1. The predicted molar refractivity (Wildman–Crippen MR) is 92.5 cm³/mol. The summed E-state index contributed by atoms with van der Waals surface area (Å²) >= 11 is 0. The molecular weight excluding hydrogens is 302 g/mol. The molecule has 120 valence electrons. The smallest absolute Gasteiger partial charge is 0.256 e. The normalized spacial score (nSPS) is 13.7. The van der Waals surface area contributed by atoms with Gasteiger partial charge in [-0.05, 0) is 31.0 Å². The number of nitrogens with zero attached hydrogens (tertiary/aromatic N) is 2. The number of hydrogen-bond acceptors (Lipinski definition) is 4. The van der Waals surface area contributed by atoms with Crippen molar-refractivity contribution in [3.8, 4) is 5.88 Å². The van der Waals surface area contributed by atoms with E-state index in [-0.39, 0.29) is 5.91 Å². The zero-order valence-corrected chi connectivity index (χ0v) is 13.3. The summed E-state index contributed by atoms with van der Waals surface area (Å²) in [5.41, 5.74) is 3.15. The third kappa shape index (κ3) is 2.80. The second-order valence-corrected chi connectivity index (χ2v) is 5.93. The van der Waals surface area contributed by atoms with Crippen molar-refractivity contribution in [2.24, 2.45) is 0 Å². The molecule has 0 bridgehead atoms. The highest BCUT2D eigenvalue weighted by atomic mass is 16.5. The van der Waals surface area contributed by atoms with Gasteiger partial charge in [0.2, 0.25) is 5.88 Å². The van der Waals surface area contributed by atoms with E-state index in [2.05, 4.69) is 10.3 Å². The van der Waals surface area contributed by atoms with Gasteiger partial charge in [0.05, 0.1) is 30.1 Å². The summed E-state index contributed by atoms with van der Waals surface area (Å²) in [6.45, 7) is 0. The molecule has 0 atom stereocenters. The summed E-state index contributed by atoms with van der Waals surface area (Å²) in [6.07, 6.45) is 3.88. The van der Waals surface area contributed by atoms with Gasteiger partial charge in [-0.3, -0.25) is 9.78 Å². The van der Waals surface area contributed by atoms with Crippen molar-refractivity contribution in [3.63, 3.8) is 0 Å². The minimum Gasteiger partial charge on any atom is -0.481 e. The summed E-state index contributed by atoms with van der Waals surface area (Å²) in [5, 5.41) is 3.77. The molecule has 2 aromatic heterocycles. The fourth-order valence-electron chi connectivity index (χ4n) is 2.75. The van der Waals surface area contributed by atoms with Crippen LogP contribution < -0.4 is 10.1 Å². The summed E-state index contributed by atoms with van der Waals surface area (Å²) in [7, 11) is 1.56. The van der Waals surface area contributed by atoms with Gasteiger partial charge in [0.1, 0.15) is 0 Å². The lowest BCUT2D eigenvalue weighted by Crippen LogP contribution is -2.13. The molecule has 1 aromatic carbocycles. The van der Waals surface area contributed by atoms with Crippen molar-refractivity contribution >= 4 is 22.5 Å². The quantitative estimate of drug-likeness (QED) is 0.795. The molecular formula is C19H17N3O2. The maximum absolute atomic E-state index is 12.8. The summed E-state index contributed by atoms with van der Waals surface area (Å²) in [5.74, 6) is 0.852. The Morgan fingerprint density at radius 2 is 2.04 bits per heavy atom. The zero-order chi connectivity index (χ0) is 16.5. The molecule has 0 saturated heterocycles. The van der Waals surface area contributed by atoms with Crippen LogP contribution in [0.3, 0.4) is 0 Å². The summed E-state index contributed by atoms with van der Waals surface area (Å²) in [6, 6.07) is 13.2. The number of rotatable bonds is 4. The van der Waals surface area contributed by atoms with Gasteiger partial charge in [0.25, 0.3) is 5.91 Å². The van der Waals surface area contributed by atoms with Crippen LogP contribution in [0.2, 0.25) is 0 Å². The Morgan fingerprint density at radius 1 is 1.21 bits per heavy atom. The topological polar surface area (TPSA) is 64.1 Å². The van der Waals surface area contributed by atoms with E-state index in [1.807, 2.05) is 30.3 Å². The first-order valence-corrected chi connectivity index (χ1v) is 7.95. The fourth-order valence-corrected chi connectivity index (χ4v) is 2.75. The fraction of sp³-hybridized carbons (Fsp3) is 0.211. The number of aromatic nitrogens is 2. The number of pyridine rings is 2. The molecule has 4 rings (SSSR count). The highest BCUT2D eigenvalue weighted by Crippen LogP contribution is 2.40. The zero-order valence-electron chi connectivity index (χ0n) is 13.3. The van der Waals surface area contributed by atoms with Crippen molar-refractivity contribution < 1.29 is 9.53 Å². The Balaban J connectivity index is 1.69. The third-order valence-electron chi connectivity index (χ3n) is 4.18. The molecule has 0 spiro atoms. The van der Waals surface area contributed by atoms with Crippen molar-refractivity contribution in [1.82, 2.24) is 9.97 Å². The first kappa shape index (κ1) is 14.6. The number of ether oxygens (including phenoxy) is 1. The SMILES string of the molecule is COc1ccc(NC(=O)c2cc(C3CC3)nc3ccccc23)cn1. The van der Waals surface area contributed by atoms with E-state index < -0.39 is 0 Å². The lowest BCUT2D eigenvalue weighted by Gasteiger charge is -2.10. The van der Waals surface area contributed by atoms with E-state index >= 15 is 0 Å². The third-order valence-corrected chi connectivity index (χ3v) is 4.18. The van der Waals surface area contributed by atoms with Gasteiger partial charge >= 0.3 is 0 Å².